The lowest BCUT2D eigenvalue weighted by Crippen LogP contribution is -2.19. The van der Waals surface area contributed by atoms with Crippen LogP contribution in [0.4, 0.5) is 10.2 Å². The van der Waals surface area contributed by atoms with E-state index in [2.05, 4.69) is 16.4 Å². The predicted molar refractivity (Wildman–Crippen MR) is 92.1 cm³/mol. The minimum atomic E-state index is -1.08. The van der Waals surface area contributed by atoms with E-state index in [9.17, 15) is 9.50 Å². The van der Waals surface area contributed by atoms with Gasteiger partial charge in [-0.05, 0) is 41.8 Å². The molecule has 23 heavy (non-hydrogen) atoms. The van der Waals surface area contributed by atoms with E-state index in [0.29, 0.717) is 5.75 Å². The van der Waals surface area contributed by atoms with Gasteiger partial charge in [0.25, 0.3) is 0 Å². The molecular formula is C17H17FN2O2S. The molecule has 2 aromatic heterocycles. The summed E-state index contributed by atoms with van der Waals surface area (Å²) in [6.45, 7) is -0.851. The molecule has 0 saturated carbocycles. The molecule has 0 aliphatic carbocycles. The molecule has 0 bridgehead atoms. The van der Waals surface area contributed by atoms with Crippen molar-refractivity contribution in [1.82, 2.24) is 4.98 Å². The van der Waals surface area contributed by atoms with Crippen LogP contribution in [0.1, 0.15) is 0 Å². The van der Waals surface area contributed by atoms with E-state index in [1.54, 1.807) is 11.3 Å². The lowest BCUT2D eigenvalue weighted by atomic mass is 10.2. The maximum Gasteiger partial charge on any atom is 0.125 e. The Morgan fingerprint density at radius 3 is 2.87 bits per heavy atom. The summed E-state index contributed by atoms with van der Waals surface area (Å²) in [5, 5.41) is 13.3. The number of halogens is 1. The molecule has 6 heteroatoms. The van der Waals surface area contributed by atoms with Crippen LogP contribution in [0.2, 0.25) is 0 Å². The first-order valence-corrected chi connectivity index (χ1v) is 8.06. The number of alkyl halides is 1. The van der Waals surface area contributed by atoms with E-state index < -0.39 is 12.8 Å². The third-order valence-corrected chi connectivity index (χ3v) is 4.56. The van der Waals surface area contributed by atoms with E-state index >= 15 is 0 Å². The minimum Gasteiger partial charge on any atom is -0.491 e. The van der Waals surface area contributed by atoms with Crippen molar-refractivity contribution < 1.29 is 14.2 Å². The molecule has 1 atom stereocenters. The van der Waals surface area contributed by atoms with Crippen molar-refractivity contribution in [2.75, 3.05) is 25.6 Å². The molecule has 4 nitrogen and oxygen atoms in total. The Morgan fingerprint density at radius 1 is 1.30 bits per heavy atom. The van der Waals surface area contributed by atoms with Gasteiger partial charge in [0.2, 0.25) is 0 Å². The van der Waals surface area contributed by atoms with Gasteiger partial charge in [0.1, 0.15) is 31.0 Å². The number of thiophene rings is 1. The summed E-state index contributed by atoms with van der Waals surface area (Å²) in [4.78, 5) is 5.45. The zero-order valence-electron chi connectivity index (χ0n) is 12.6. The van der Waals surface area contributed by atoms with E-state index in [1.165, 1.54) is 0 Å². The summed E-state index contributed by atoms with van der Waals surface area (Å²) in [7, 11) is 1.84. The van der Waals surface area contributed by atoms with Crippen LogP contribution in [0.25, 0.3) is 20.5 Å². The van der Waals surface area contributed by atoms with Crippen LogP contribution in [-0.2, 0) is 0 Å². The first-order valence-electron chi connectivity index (χ1n) is 7.24. The van der Waals surface area contributed by atoms with Crippen molar-refractivity contribution in [3.05, 3.63) is 42.6 Å². The summed E-state index contributed by atoms with van der Waals surface area (Å²) < 4.78 is 18.7. The van der Waals surface area contributed by atoms with E-state index in [-0.39, 0.29) is 6.61 Å². The molecule has 0 aliphatic rings. The second-order valence-electron chi connectivity index (χ2n) is 5.11. The van der Waals surface area contributed by atoms with Crippen molar-refractivity contribution in [3.63, 3.8) is 0 Å². The van der Waals surface area contributed by atoms with Crippen LogP contribution in [-0.4, -0.2) is 36.5 Å². The monoisotopic (exact) mass is 332 g/mol. The van der Waals surface area contributed by atoms with Gasteiger partial charge in [-0.15, -0.1) is 11.3 Å². The number of aromatic nitrogens is 1. The van der Waals surface area contributed by atoms with Gasteiger partial charge in [-0.3, -0.25) is 0 Å². The highest BCUT2D eigenvalue weighted by atomic mass is 32.1. The standard InChI is InChI=1S/C17H17FN2O2S/c1-19-17-5-3-12(9-20-17)15-6-11-2-4-14(7-16(11)23-15)22-10-13(21)8-18/h2-7,9,13,21H,8,10H2,1H3,(H,19,20). The van der Waals surface area contributed by atoms with Crippen molar-refractivity contribution >= 4 is 27.2 Å². The van der Waals surface area contributed by atoms with Gasteiger partial charge < -0.3 is 15.2 Å². The highest BCUT2D eigenvalue weighted by Crippen LogP contribution is 2.35. The highest BCUT2D eigenvalue weighted by molar-refractivity contribution is 7.22. The molecule has 0 aliphatic heterocycles. The smallest absolute Gasteiger partial charge is 0.125 e. The van der Waals surface area contributed by atoms with Crippen LogP contribution in [0, 0.1) is 0 Å². The number of aliphatic hydroxyl groups excluding tert-OH is 1. The normalized spacial score (nSPS) is 12.3. The largest absolute Gasteiger partial charge is 0.491 e. The molecule has 2 N–H and O–H groups in total. The molecule has 0 fully saturated rings. The fraction of sp³-hybridized carbons (Fsp3) is 0.235. The van der Waals surface area contributed by atoms with E-state index in [4.69, 9.17) is 4.74 Å². The van der Waals surface area contributed by atoms with Crippen molar-refractivity contribution in [1.29, 1.82) is 0 Å². The van der Waals surface area contributed by atoms with E-state index in [1.807, 2.05) is 43.6 Å². The van der Waals surface area contributed by atoms with Gasteiger partial charge in [0, 0.05) is 28.4 Å². The topological polar surface area (TPSA) is 54.4 Å². The number of hydrogen-bond donors (Lipinski definition) is 2. The molecule has 0 radical (unpaired) electrons. The Balaban J connectivity index is 1.83. The molecule has 120 valence electrons. The molecule has 1 aromatic carbocycles. The molecule has 3 rings (SSSR count). The van der Waals surface area contributed by atoms with Crippen LogP contribution in [0.3, 0.4) is 0 Å². The number of hydrogen-bond acceptors (Lipinski definition) is 5. The number of benzene rings is 1. The molecule has 0 amide bonds. The Hall–Kier alpha value is -2.18. The van der Waals surface area contributed by atoms with Crippen molar-refractivity contribution in [3.8, 4) is 16.2 Å². The first-order chi connectivity index (χ1) is 11.2. The Morgan fingerprint density at radius 2 is 2.17 bits per heavy atom. The lowest BCUT2D eigenvalue weighted by molar-refractivity contribution is 0.0842. The zero-order valence-corrected chi connectivity index (χ0v) is 13.4. The fourth-order valence-electron chi connectivity index (χ4n) is 2.17. The van der Waals surface area contributed by atoms with Gasteiger partial charge in [0.15, 0.2) is 0 Å². The SMILES string of the molecule is CNc1ccc(-c2cc3ccc(OCC(O)CF)cc3s2)cn1. The molecular weight excluding hydrogens is 315 g/mol. The second kappa shape index (κ2) is 6.93. The molecule has 0 saturated heterocycles. The number of ether oxygens (including phenoxy) is 1. The second-order valence-corrected chi connectivity index (χ2v) is 6.20. The van der Waals surface area contributed by atoms with Crippen LogP contribution in [0.5, 0.6) is 5.75 Å². The first kappa shape index (κ1) is 15.7. The predicted octanol–water partition coefficient (Wildman–Crippen LogP) is 3.71. The number of aliphatic hydroxyl groups is 1. The van der Waals surface area contributed by atoms with Crippen molar-refractivity contribution in [2.24, 2.45) is 0 Å². The number of nitrogens with zero attached hydrogens (tertiary/aromatic N) is 1. The Labute approximate surface area is 137 Å². The summed E-state index contributed by atoms with van der Waals surface area (Å²) in [5.41, 5.74) is 1.06. The number of rotatable bonds is 6. The Bertz CT molecular complexity index is 789. The summed E-state index contributed by atoms with van der Waals surface area (Å²) in [5.74, 6) is 1.46. The lowest BCUT2D eigenvalue weighted by Gasteiger charge is -2.08. The fourth-order valence-corrected chi connectivity index (χ4v) is 3.25. The number of anilines is 1. The average molecular weight is 332 g/mol. The number of fused-ring (bicyclic) bond motifs is 1. The molecule has 2 heterocycles. The Kier molecular flexibility index (Phi) is 4.73. The number of nitrogens with one attached hydrogen (secondary N) is 1. The zero-order chi connectivity index (χ0) is 16.2. The number of pyridine rings is 1. The summed E-state index contributed by atoms with van der Waals surface area (Å²) in [6.07, 6.45) is 0.757. The summed E-state index contributed by atoms with van der Waals surface area (Å²) >= 11 is 1.64. The average Bonchev–Trinajstić information content (AvgIpc) is 3.03. The quantitative estimate of drug-likeness (QED) is 0.722. The van der Waals surface area contributed by atoms with Gasteiger partial charge in [-0.25, -0.2) is 9.37 Å². The van der Waals surface area contributed by atoms with E-state index in [0.717, 1.165) is 26.3 Å². The van der Waals surface area contributed by atoms with Gasteiger partial charge in [0.05, 0.1) is 0 Å². The molecule has 0 spiro atoms. The maximum absolute atomic E-state index is 12.2. The van der Waals surface area contributed by atoms with Gasteiger partial charge in [-0.2, -0.15) is 0 Å². The van der Waals surface area contributed by atoms with Crippen LogP contribution >= 0.6 is 11.3 Å². The van der Waals surface area contributed by atoms with Crippen LogP contribution in [0.15, 0.2) is 42.6 Å². The van der Waals surface area contributed by atoms with Crippen LogP contribution < -0.4 is 10.1 Å². The summed E-state index contributed by atoms with van der Waals surface area (Å²) in [6, 6.07) is 11.8. The minimum absolute atomic E-state index is 0.0460. The third-order valence-electron chi connectivity index (χ3n) is 3.42. The van der Waals surface area contributed by atoms with Gasteiger partial charge in [-0.1, -0.05) is 0 Å². The van der Waals surface area contributed by atoms with Gasteiger partial charge >= 0.3 is 0 Å². The third kappa shape index (κ3) is 3.60. The molecule has 1 unspecified atom stereocenters. The highest BCUT2D eigenvalue weighted by Gasteiger charge is 2.08. The van der Waals surface area contributed by atoms with Crippen molar-refractivity contribution in [2.45, 2.75) is 6.10 Å². The maximum atomic E-state index is 12.2. The molecule has 3 aromatic rings.